The van der Waals surface area contributed by atoms with E-state index in [4.69, 9.17) is 0 Å². The summed E-state index contributed by atoms with van der Waals surface area (Å²) >= 11 is 0. The lowest BCUT2D eigenvalue weighted by Crippen LogP contribution is -2.58. The summed E-state index contributed by atoms with van der Waals surface area (Å²) in [5, 5.41) is 8.70. The smallest absolute Gasteiger partial charge is 0.0522 e. The molecular formula is C17H30N2. The standard InChI is InChI=1S/C17H30N2/c1-14(2,3)13-16(7)11-18-19-12(16)9-10-17(13,8)15(4,5)6/h11,13H,9-10H2,1-8H3. The SMILES string of the molecule is CC(C)(C)C1C2(C)C=NN=C2CCC1(C)C(C)(C)C. The van der Waals surface area contributed by atoms with Gasteiger partial charge >= 0.3 is 0 Å². The first-order valence-corrected chi connectivity index (χ1v) is 7.54. The highest BCUT2D eigenvalue weighted by Crippen LogP contribution is 2.63. The predicted molar refractivity (Wildman–Crippen MR) is 83.8 cm³/mol. The van der Waals surface area contributed by atoms with Crippen molar-refractivity contribution in [1.29, 1.82) is 0 Å². The van der Waals surface area contributed by atoms with Crippen molar-refractivity contribution in [2.45, 2.75) is 68.2 Å². The lowest BCUT2D eigenvalue weighted by Gasteiger charge is -2.60. The summed E-state index contributed by atoms with van der Waals surface area (Å²) in [6, 6.07) is 0. The Kier molecular flexibility index (Phi) is 3.05. The zero-order valence-corrected chi connectivity index (χ0v) is 14.0. The molecule has 2 rings (SSSR count). The van der Waals surface area contributed by atoms with Crippen LogP contribution in [0.15, 0.2) is 10.2 Å². The van der Waals surface area contributed by atoms with Crippen molar-refractivity contribution in [3.63, 3.8) is 0 Å². The van der Waals surface area contributed by atoms with Gasteiger partial charge < -0.3 is 0 Å². The van der Waals surface area contributed by atoms with Crippen molar-refractivity contribution in [3.8, 4) is 0 Å². The van der Waals surface area contributed by atoms with E-state index < -0.39 is 0 Å². The van der Waals surface area contributed by atoms with Crippen molar-refractivity contribution in [1.82, 2.24) is 0 Å². The first-order valence-electron chi connectivity index (χ1n) is 7.54. The zero-order valence-electron chi connectivity index (χ0n) is 14.0. The second-order valence-corrected chi connectivity index (χ2v) is 9.04. The van der Waals surface area contributed by atoms with Gasteiger partial charge in [-0.2, -0.15) is 10.2 Å². The van der Waals surface area contributed by atoms with Crippen molar-refractivity contribution in [3.05, 3.63) is 0 Å². The van der Waals surface area contributed by atoms with Gasteiger partial charge in [0.1, 0.15) is 0 Å². The molecule has 108 valence electrons. The second-order valence-electron chi connectivity index (χ2n) is 9.04. The summed E-state index contributed by atoms with van der Waals surface area (Å²) in [6.07, 6.45) is 4.43. The van der Waals surface area contributed by atoms with Crippen molar-refractivity contribution >= 4 is 11.9 Å². The maximum absolute atomic E-state index is 4.43. The van der Waals surface area contributed by atoms with E-state index in [-0.39, 0.29) is 16.2 Å². The Hall–Kier alpha value is -0.660. The van der Waals surface area contributed by atoms with Gasteiger partial charge in [-0.3, -0.25) is 0 Å². The van der Waals surface area contributed by atoms with Gasteiger partial charge in [0.25, 0.3) is 0 Å². The van der Waals surface area contributed by atoms with Gasteiger partial charge in [-0.05, 0) is 41.9 Å². The molecule has 0 saturated heterocycles. The zero-order chi connectivity index (χ0) is 14.7. The van der Waals surface area contributed by atoms with E-state index in [0.29, 0.717) is 11.3 Å². The molecule has 1 heterocycles. The molecule has 1 saturated carbocycles. The molecule has 0 bridgehead atoms. The number of hydrogen-bond donors (Lipinski definition) is 0. The van der Waals surface area contributed by atoms with Crippen LogP contribution in [-0.4, -0.2) is 11.9 Å². The quantitative estimate of drug-likeness (QED) is 0.590. The molecule has 19 heavy (non-hydrogen) atoms. The molecule has 0 radical (unpaired) electrons. The molecule has 2 heteroatoms. The molecule has 3 unspecified atom stereocenters. The first kappa shape index (κ1) is 14.7. The van der Waals surface area contributed by atoms with Crippen LogP contribution in [0.4, 0.5) is 0 Å². The normalized spacial score (nSPS) is 39.2. The molecule has 0 N–H and O–H groups in total. The second kappa shape index (κ2) is 3.93. The molecule has 2 aliphatic rings. The van der Waals surface area contributed by atoms with E-state index in [1.807, 2.05) is 0 Å². The van der Waals surface area contributed by atoms with E-state index >= 15 is 0 Å². The van der Waals surface area contributed by atoms with Crippen LogP contribution in [0, 0.1) is 27.6 Å². The van der Waals surface area contributed by atoms with Gasteiger partial charge in [-0.15, -0.1) is 0 Å². The molecular weight excluding hydrogens is 232 g/mol. The third-order valence-electron chi connectivity index (χ3n) is 5.82. The molecule has 0 aromatic heterocycles. The van der Waals surface area contributed by atoms with E-state index in [9.17, 15) is 0 Å². The first-order chi connectivity index (χ1) is 8.43. The minimum absolute atomic E-state index is 0.0402. The van der Waals surface area contributed by atoms with Crippen LogP contribution in [0.1, 0.15) is 68.2 Å². The number of rotatable bonds is 0. The molecule has 3 atom stereocenters. The summed E-state index contributed by atoms with van der Waals surface area (Å²) < 4.78 is 0. The van der Waals surface area contributed by atoms with E-state index in [2.05, 4.69) is 71.8 Å². The predicted octanol–water partition coefficient (Wildman–Crippen LogP) is 4.94. The number of hydrogen-bond acceptors (Lipinski definition) is 2. The van der Waals surface area contributed by atoms with Crippen molar-refractivity contribution < 1.29 is 0 Å². The Balaban J connectivity index is 2.59. The van der Waals surface area contributed by atoms with Gasteiger partial charge in [-0.25, -0.2) is 0 Å². The van der Waals surface area contributed by atoms with Gasteiger partial charge in [0.05, 0.1) is 5.71 Å². The molecule has 2 nitrogen and oxygen atoms in total. The Labute approximate surface area is 118 Å². The summed E-state index contributed by atoms with van der Waals surface area (Å²) in [6.45, 7) is 19.1. The van der Waals surface area contributed by atoms with E-state index in [1.165, 1.54) is 12.1 Å². The minimum atomic E-state index is 0.0402. The summed E-state index contributed by atoms with van der Waals surface area (Å²) in [4.78, 5) is 0. The average molecular weight is 262 g/mol. The van der Waals surface area contributed by atoms with Crippen LogP contribution in [-0.2, 0) is 0 Å². The van der Waals surface area contributed by atoms with Crippen LogP contribution >= 0.6 is 0 Å². The van der Waals surface area contributed by atoms with E-state index in [0.717, 1.165) is 6.42 Å². The lowest BCUT2D eigenvalue weighted by atomic mass is 9.43. The summed E-state index contributed by atoms with van der Waals surface area (Å²) in [5.74, 6) is 0.561. The van der Waals surface area contributed by atoms with Crippen molar-refractivity contribution in [2.24, 2.45) is 37.8 Å². The van der Waals surface area contributed by atoms with E-state index in [1.54, 1.807) is 0 Å². The third kappa shape index (κ3) is 1.98. The Bertz CT molecular complexity index is 433. The third-order valence-corrected chi connectivity index (χ3v) is 5.82. The molecule has 0 aromatic rings. The number of nitrogens with zero attached hydrogens (tertiary/aromatic N) is 2. The van der Waals surface area contributed by atoms with Gasteiger partial charge in [0.15, 0.2) is 0 Å². The lowest BCUT2D eigenvalue weighted by molar-refractivity contribution is -0.0686. The maximum Gasteiger partial charge on any atom is 0.0522 e. The van der Waals surface area contributed by atoms with Crippen LogP contribution in [0.2, 0.25) is 0 Å². The highest BCUT2D eigenvalue weighted by Gasteiger charge is 2.60. The molecule has 1 aliphatic heterocycles. The Morgan fingerprint density at radius 3 is 2.16 bits per heavy atom. The van der Waals surface area contributed by atoms with Crippen LogP contribution < -0.4 is 0 Å². The molecule has 0 amide bonds. The minimum Gasteiger partial charge on any atom is -0.163 e. The molecule has 0 spiro atoms. The average Bonchev–Trinajstić information content (AvgIpc) is 2.54. The largest absolute Gasteiger partial charge is 0.163 e. The Morgan fingerprint density at radius 2 is 1.68 bits per heavy atom. The Morgan fingerprint density at radius 1 is 1.11 bits per heavy atom. The van der Waals surface area contributed by atoms with Crippen LogP contribution in [0.3, 0.4) is 0 Å². The van der Waals surface area contributed by atoms with Crippen LogP contribution in [0.5, 0.6) is 0 Å². The number of fused-ring (bicyclic) bond motifs is 1. The topological polar surface area (TPSA) is 24.7 Å². The fourth-order valence-electron chi connectivity index (χ4n) is 4.81. The van der Waals surface area contributed by atoms with Gasteiger partial charge in [0.2, 0.25) is 0 Å². The molecule has 1 aliphatic carbocycles. The van der Waals surface area contributed by atoms with Crippen LogP contribution in [0.25, 0.3) is 0 Å². The summed E-state index contributed by atoms with van der Waals surface area (Å²) in [7, 11) is 0. The highest BCUT2D eigenvalue weighted by molar-refractivity contribution is 6.06. The summed E-state index contributed by atoms with van der Waals surface area (Å²) in [5.41, 5.74) is 2.17. The fourth-order valence-corrected chi connectivity index (χ4v) is 4.81. The maximum atomic E-state index is 4.43. The van der Waals surface area contributed by atoms with Gasteiger partial charge in [-0.1, -0.05) is 48.5 Å². The highest BCUT2D eigenvalue weighted by atomic mass is 15.2. The molecule has 1 fully saturated rings. The van der Waals surface area contributed by atoms with Crippen molar-refractivity contribution in [2.75, 3.05) is 0 Å². The monoisotopic (exact) mass is 262 g/mol. The van der Waals surface area contributed by atoms with Gasteiger partial charge in [0, 0.05) is 11.6 Å². The molecule has 0 aromatic carbocycles. The fraction of sp³-hybridized carbons (Fsp3) is 0.882.